The van der Waals surface area contributed by atoms with E-state index in [2.05, 4.69) is 11.0 Å². The third-order valence-corrected chi connectivity index (χ3v) is 3.41. The number of ether oxygens (including phenoxy) is 1. The van der Waals surface area contributed by atoms with Crippen LogP contribution in [0.5, 0.6) is 5.75 Å². The monoisotopic (exact) mass is 290 g/mol. The summed E-state index contributed by atoms with van der Waals surface area (Å²) in [5.74, 6) is 0.901. The Labute approximate surface area is 124 Å². The predicted molar refractivity (Wildman–Crippen MR) is 84.0 cm³/mol. The lowest BCUT2D eigenvalue weighted by Gasteiger charge is -2.19. The molecule has 0 unspecified atom stereocenters. The van der Waals surface area contributed by atoms with Crippen molar-refractivity contribution in [2.75, 3.05) is 19.9 Å². The highest BCUT2D eigenvalue weighted by molar-refractivity contribution is 6.30. The van der Waals surface area contributed by atoms with E-state index in [0.717, 1.165) is 35.7 Å². The van der Waals surface area contributed by atoms with Crippen LogP contribution < -0.4 is 10.5 Å². The van der Waals surface area contributed by atoms with Gasteiger partial charge in [-0.3, -0.25) is 4.90 Å². The van der Waals surface area contributed by atoms with Crippen molar-refractivity contribution in [3.8, 4) is 5.75 Å². The van der Waals surface area contributed by atoms with Crippen LogP contribution in [0.4, 0.5) is 5.69 Å². The topological polar surface area (TPSA) is 38.5 Å². The van der Waals surface area contributed by atoms with E-state index in [1.54, 1.807) is 13.2 Å². The number of anilines is 1. The maximum Gasteiger partial charge on any atom is 0.123 e. The largest absolute Gasteiger partial charge is 0.496 e. The summed E-state index contributed by atoms with van der Waals surface area (Å²) in [4.78, 5) is 2.18. The van der Waals surface area contributed by atoms with Crippen LogP contribution in [0.3, 0.4) is 0 Å². The van der Waals surface area contributed by atoms with E-state index < -0.39 is 0 Å². The molecule has 0 aliphatic heterocycles. The molecule has 0 heterocycles. The van der Waals surface area contributed by atoms with Gasteiger partial charge in [0.1, 0.15) is 5.75 Å². The third-order valence-electron chi connectivity index (χ3n) is 3.18. The van der Waals surface area contributed by atoms with Crippen LogP contribution in [0.25, 0.3) is 0 Å². The first kappa shape index (κ1) is 14.7. The maximum absolute atomic E-state index is 6.01. The van der Waals surface area contributed by atoms with E-state index in [-0.39, 0.29) is 0 Å². The minimum absolute atomic E-state index is 0.708. The van der Waals surface area contributed by atoms with Crippen molar-refractivity contribution in [2.24, 2.45) is 0 Å². The molecule has 0 spiro atoms. The molecule has 0 amide bonds. The Morgan fingerprint density at radius 2 is 1.80 bits per heavy atom. The Hall–Kier alpha value is -1.71. The molecule has 0 atom stereocenters. The number of nitrogens with zero attached hydrogens (tertiary/aromatic N) is 1. The van der Waals surface area contributed by atoms with Crippen LogP contribution in [-0.4, -0.2) is 19.1 Å². The molecule has 0 saturated heterocycles. The third kappa shape index (κ3) is 3.65. The predicted octanol–water partition coefficient (Wildman–Crippen LogP) is 3.56. The molecule has 0 bridgehead atoms. The normalized spacial score (nSPS) is 10.8. The highest BCUT2D eigenvalue weighted by Crippen LogP contribution is 2.22. The van der Waals surface area contributed by atoms with Gasteiger partial charge in [-0.05, 0) is 36.9 Å². The lowest BCUT2D eigenvalue weighted by atomic mass is 10.1. The van der Waals surface area contributed by atoms with Crippen molar-refractivity contribution in [1.29, 1.82) is 0 Å². The van der Waals surface area contributed by atoms with Crippen LogP contribution in [0, 0.1) is 0 Å². The zero-order valence-corrected chi connectivity index (χ0v) is 12.5. The van der Waals surface area contributed by atoms with Crippen molar-refractivity contribution < 1.29 is 4.74 Å². The zero-order chi connectivity index (χ0) is 14.5. The average Bonchev–Trinajstić information content (AvgIpc) is 2.43. The molecule has 106 valence electrons. The van der Waals surface area contributed by atoms with Gasteiger partial charge in [-0.1, -0.05) is 29.8 Å². The molecule has 0 fully saturated rings. The maximum atomic E-state index is 6.01. The zero-order valence-electron chi connectivity index (χ0n) is 11.8. The van der Waals surface area contributed by atoms with Crippen LogP contribution in [0.2, 0.25) is 5.02 Å². The number of benzene rings is 2. The molecular weight excluding hydrogens is 272 g/mol. The number of nitrogens with two attached hydrogens (primary N) is 1. The summed E-state index contributed by atoms with van der Waals surface area (Å²) in [6.07, 6.45) is 0. The van der Waals surface area contributed by atoms with Crippen LogP contribution in [0.15, 0.2) is 42.5 Å². The summed E-state index contributed by atoms with van der Waals surface area (Å²) < 4.78 is 5.37. The lowest BCUT2D eigenvalue weighted by molar-refractivity contribution is 0.310. The first-order valence-electron chi connectivity index (χ1n) is 6.44. The van der Waals surface area contributed by atoms with E-state index in [0.29, 0.717) is 5.02 Å². The Morgan fingerprint density at radius 1 is 1.10 bits per heavy atom. The number of halogens is 1. The molecule has 2 aromatic rings. The van der Waals surface area contributed by atoms with Crippen LogP contribution in [-0.2, 0) is 13.1 Å². The molecule has 2 aromatic carbocycles. The highest BCUT2D eigenvalue weighted by Gasteiger charge is 2.08. The van der Waals surface area contributed by atoms with Crippen molar-refractivity contribution in [3.05, 3.63) is 58.6 Å². The summed E-state index contributed by atoms with van der Waals surface area (Å²) in [7, 11) is 3.74. The lowest BCUT2D eigenvalue weighted by Crippen LogP contribution is -2.18. The first-order chi connectivity index (χ1) is 9.60. The van der Waals surface area contributed by atoms with Gasteiger partial charge in [0.15, 0.2) is 0 Å². The van der Waals surface area contributed by atoms with Gasteiger partial charge < -0.3 is 10.5 Å². The number of hydrogen-bond donors (Lipinski definition) is 1. The second-order valence-electron chi connectivity index (χ2n) is 4.83. The van der Waals surface area contributed by atoms with E-state index >= 15 is 0 Å². The minimum Gasteiger partial charge on any atom is -0.496 e. The molecule has 20 heavy (non-hydrogen) atoms. The molecule has 2 N–H and O–H groups in total. The van der Waals surface area contributed by atoms with Crippen molar-refractivity contribution in [1.82, 2.24) is 4.90 Å². The second kappa shape index (κ2) is 6.64. The van der Waals surface area contributed by atoms with E-state index in [4.69, 9.17) is 22.1 Å². The minimum atomic E-state index is 0.708. The Morgan fingerprint density at radius 3 is 2.55 bits per heavy atom. The summed E-state index contributed by atoms with van der Waals surface area (Å²) in [6, 6.07) is 13.6. The van der Waals surface area contributed by atoms with E-state index in [1.807, 2.05) is 37.4 Å². The number of hydrogen-bond acceptors (Lipinski definition) is 3. The van der Waals surface area contributed by atoms with Crippen LogP contribution in [0.1, 0.15) is 11.1 Å². The van der Waals surface area contributed by atoms with Crippen LogP contribution >= 0.6 is 11.6 Å². The smallest absolute Gasteiger partial charge is 0.123 e. The Kier molecular flexibility index (Phi) is 4.88. The van der Waals surface area contributed by atoms with Crippen molar-refractivity contribution in [3.63, 3.8) is 0 Å². The summed E-state index contributed by atoms with van der Waals surface area (Å²) in [5, 5.41) is 0.708. The summed E-state index contributed by atoms with van der Waals surface area (Å²) >= 11 is 6.01. The molecule has 0 aliphatic rings. The fourth-order valence-corrected chi connectivity index (χ4v) is 2.38. The molecule has 0 aromatic heterocycles. The molecule has 3 nitrogen and oxygen atoms in total. The van der Waals surface area contributed by atoms with Gasteiger partial charge in [-0.2, -0.15) is 0 Å². The second-order valence-corrected chi connectivity index (χ2v) is 5.26. The number of nitrogen functional groups attached to an aromatic ring is 1. The van der Waals surface area contributed by atoms with Gasteiger partial charge in [0.2, 0.25) is 0 Å². The highest BCUT2D eigenvalue weighted by atomic mass is 35.5. The molecule has 0 radical (unpaired) electrons. The molecular formula is C16H19ClN2O. The van der Waals surface area contributed by atoms with Crippen molar-refractivity contribution in [2.45, 2.75) is 13.1 Å². The Bertz CT molecular complexity index is 586. The summed E-state index contributed by atoms with van der Waals surface area (Å²) in [5.41, 5.74) is 8.93. The van der Waals surface area contributed by atoms with E-state index in [9.17, 15) is 0 Å². The van der Waals surface area contributed by atoms with Gasteiger partial charge in [0, 0.05) is 29.4 Å². The van der Waals surface area contributed by atoms with Gasteiger partial charge in [-0.25, -0.2) is 0 Å². The Balaban J connectivity index is 2.09. The van der Waals surface area contributed by atoms with Gasteiger partial charge >= 0.3 is 0 Å². The number of methoxy groups -OCH3 is 1. The molecule has 4 heteroatoms. The summed E-state index contributed by atoms with van der Waals surface area (Å²) in [6.45, 7) is 1.53. The van der Waals surface area contributed by atoms with Gasteiger partial charge in [0.05, 0.1) is 7.11 Å². The first-order valence-corrected chi connectivity index (χ1v) is 6.82. The standard InChI is InChI=1S/C16H19ClN2O/c1-19(10-12-5-3-4-6-16(12)20-2)11-13-9-14(17)7-8-15(13)18/h3-9H,10-11,18H2,1-2H3. The average molecular weight is 291 g/mol. The molecule has 2 rings (SSSR count). The SMILES string of the molecule is COc1ccccc1CN(C)Cc1cc(Cl)ccc1N. The quantitative estimate of drug-likeness (QED) is 0.856. The van der Waals surface area contributed by atoms with Crippen molar-refractivity contribution >= 4 is 17.3 Å². The molecule has 0 saturated carbocycles. The fraction of sp³-hybridized carbons (Fsp3) is 0.250. The molecule has 0 aliphatic carbocycles. The number of rotatable bonds is 5. The van der Waals surface area contributed by atoms with Gasteiger partial charge in [0.25, 0.3) is 0 Å². The van der Waals surface area contributed by atoms with E-state index in [1.165, 1.54) is 0 Å². The number of para-hydroxylation sites is 1. The fourth-order valence-electron chi connectivity index (χ4n) is 2.18. The van der Waals surface area contributed by atoms with Gasteiger partial charge in [-0.15, -0.1) is 0 Å².